The number of nitrogens with zero attached hydrogens (tertiary/aromatic N) is 1. The second kappa shape index (κ2) is 5.96. The molecule has 1 fully saturated rings. The van der Waals surface area contributed by atoms with E-state index >= 15 is 0 Å². The van der Waals surface area contributed by atoms with Gasteiger partial charge in [-0.2, -0.15) is 0 Å². The lowest BCUT2D eigenvalue weighted by Gasteiger charge is -2.12. The Morgan fingerprint density at radius 2 is 2.05 bits per heavy atom. The summed E-state index contributed by atoms with van der Waals surface area (Å²) >= 11 is 11.7. The van der Waals surface area contributed by atoms with Crippen LogP contribution in [-0.2, 0) is 4.79 Å². The molecule has 0 radical (unpaired) electrons. The third-order valence-electron chi connectivity index (χ3n) is 2.72. The first-order valence-electron chi connectivity index (χ1n) is 5.82. The van der Waals surface area contributed by atoms with Crippen LogP contribution in [0.5, 0.6) is 0 Å². The van der Waals surface area contributed by atoms with Crippen LogP contribution in [0.1, 0.15) is 4.88 Å². The van der Waals surface area contributed by atoms with Crippen molar-refractivity contribution in [2.75, 3.05) is 4.90 Å². The molecule has 0 bridgehead atoms. The summed E-state index contributed by atoms with van der Waals surface area (Å²) in [6.07, 6.45) is 1.73. The highest BCUT2D eigenvalue weighted by Crippen LogP contribution is 2.37. The van der Waals surface area contributed by atoms with Crippen molar-refractivity contribution in [3.8, 4) is 0 Å². The van der Waals surface area contributed by atoms with E-state index in [1.165, 1.54) is 11.3 Å². The second-order valence-electron chi connectivity index (χ2n) is 4.16. The summed E-state index contributed by atoms with van der Waals surface area (Å²) < 4.78 is 0.952. The molecule has 2 heterocycles. The van der Waals surface area contributed by atoms with E-state index in [1.54, 1.807) is 30.3 Å². The molecule has 21 heavy (non-hydrogen) atoms. The number of hydrogen-bond donors (Lipinski definition) is 0. The Balaban J connectivity index is 1.94. The molecule has 1 aliphatic rings. The predicted octanol–water partition coefficient (Wildman–Crippen LogP) is 5.40. The number of hydrogen-bond acceptors (Lipinski definition) is 4. The Morgan fingerprint density at radius 3 is 2.71 bits per heavy atom. The van der Waals surface area contributed by atoms with Crippen molar-refractivity contribution in [1.82, 2.24) is 0 Å². The summed E-state index contributed by atoms with van der Waals surface area (Å²) in [5, 5.41) is 2.09. The van der Waals surface area contributed by atoms with Crippen molar-refractivity contribution in [3.63, 3.8) is 0 Å². The van der Waals surface area contributed by atoms with Crippen LogP contribution in [0.3, 0.4) is 0 Å². The van der Waals surface area contributed by atoms with Crippen molar-refractivity contribution in [1.29, 1.82) is 0 Å². The number of benzene rings is 1. The molecule has 1 aliphatic heterocycles. The van der Waals surface area contributed by atoms with Crippen molar-refractivity contribution in [3.05, 3.63) is 55.0 Å². The number of amides is 2. The van der Waals surface area contributed by atoms with Gasteiger partial charge >= 0.3 is 0 Å². The highest BCUT2D eigenvalue weighted by atomic mass is 79.9. The molecule has 2 amide bonds. The molecule has 3 rings (SSSR count). The van der Waals surface area contributed by atoms with Crippen LogP contribution in [0.4, 0.5) is 10.5 Å². The lowest BCUT2D eigenvalue weighted by Crippen LogP contribution is -2.27. The third-order valence-corrected chi connectivity index (χ3v) is 5.47. The van der Waals surface area contributed by atoms with Crippen molar-refractivity contribution < 1.29 is 9.59 Å². The summed E-state index contributed by atoms with van der Waals surface area (Å²) in [4.78, 5) is 27.0. The minimum absolute atomic E-state index is 0.316. The van der Waals surface area contributed by atoms with E-state index in [0.717, 1.165) is 26.0 Å². The van der Waals surface area contributed by atoms with Gasteiger partial charge in [0.2, 0.25) is 0 Å². The van der Waals surface area contributed by atoms with Gasteiger partial charge in [-0.3, -0.25) is 9.59 Å². The third kappa shape index (κ3) is 3.08. The zero-order valence-corrected chi connectivity index (χ0v) is 14.4. The Kier molecular flexibility index (Phi) is 4.21. The monoisotopic (exact) mass is 399 g/mol. The van der Waals surface area contributed by atoms with Gasteiger partial charge in [0.25, 0.3) is 11.1 Å². The Labute approximate surface area is 142 Å². The van der Waals surface area contributed by atoms with E-state index in [4.69, 9.17) is 11.6 Å². The molecule has 0 aliphatic carbocycles. The standard InChI is InChI=1S/C14H7BrClNO2S2/c15-8-4-11(20-7-8)6-12-13(18)17(14(19)21-12)10-3-1-2-9(16)5-10/h1-7H/b12-6+. The second-order valence-corrected chi connectivity index (χ2v) is 7.45. The van der Waals surface area contributed by atoms with Crippen LogP contribution in [-0.4, -0.2) is 11.1 Å². The lowest BCUT2D eigenvalue weighted by molar-refractivity contribution is -0.113. The fourth-order valence-corrected chi connectivity index (χ4v) is 4.31. The largest absolute Gasteiger partial charge is 0.298 e. The van der Waals surface area contributed by atoms with Crippen molar-refractivity contribution in [2.45, 2.75) is 0 Å². The van der Waals surface area contributed by atoms with E-state index in [2.05, 4.69) is 15.9 Å². The van der Waals surface area contributed by atoms with Gasteiger partial charge in [-0.25, -0.2) is 4.90 Å². The average molecular weight is 401 g/mol. The predicted molar refractivity (Wildman–Crippen MR) is 91.9 cm³/mol. The van der Waals surface area contributed by atoms with E-state index in [1.807, 2.05) is 11.4 Å². The van der Waals surface area contributed by atoms with Gasteiger partial charge in [0.05, 0.1) is 10.6 Å². The first kappa shape index (κ1) is 14.8. The zero-order valence-electron chi connectivity index (χ0n) is 10.4. The Morgan fingerprint density at radius 1 is 1.24 bits per heavy atom. The van der Waals surface area contributed by atoms with Crippen LogP contribution < -0.4 is 4.90 Å². The average Bonchev–Trinajstić information content (AvgIpc) is 2.94. The summed E-state index contributed by atoms with van der Waals surface area (Å²) in [6, 6.07) is 8.59. The van der Waals surface area contributed by atoms with Crippen LogP contribution in [0.2, 0.25) is 5.02 Å². The Hall–Kier alpha value is -1.08. The number of anilines is 1. The maximum atomic E-state index is 12.4. The molecule has 0 spiro atoms. The number of thioether (sulfide) groups is 1. The molecule has 0 atom stereocenters. The van der Waals surface area contributed by atoms with Crippen LogP contribution in [0.15, 0.2) is 45.1 Å². The van der Waals surface area contributed by atoms with Crippen LogP contribution in [0.25, 0.3) is 6.08 Å². The molecular weight excluding hydrogens is 394 g/mol. The number of carbonyl (C=O) groups is 2. The first-order chi connectivity index (χ1) is 10.0. The molecule has 1 aromatic carbocycles. The molecule has 0 N–H and O–H groups in total. The molecule has 1 aromatic heterocycles. The minimum atomic E-state index is -0.322. The quantitative estimate of drug-likeness (QED) is 0.633. The Bertz CT molecular complexity index is 772. The van der Waals surface area contributed by atoms with Crippen molar-refractivity contribution in [2.24, 2.45) is 0 Å². The van der Waals surface area contributed by atoms with Gasteiger partial charge in [-0.15, -0.1) is 11.3 Å². The van der Waals surface area contributed by atoms with Gasteiger partial charge in [0, 0.05) is 19.8 Å². The molecule has 3 nitrogen and oxygen atoms in total. The van der Waals surface area contributed by atoms with Crippen LogP contribution >= 0.6 is 50.6 Å². The maximum Gasteiger partial charge on any atom is 0.298 e. The molecular formula is C14H7BrClNO2S2. The molecule has 0 unspecified atom stereocenters. The first-order valence-corrected chi connectivity index (χ1v) is 8.69. The maximum absolute atomic E-state index is 12.4. The molecule has 0 saturated carbocycles. The van der Waals surface area contributed by atoms with Gasteiger partial charge in [-0.1, -0.05) is 17.7 Å². The molecule has 1 saturated heterocycles. The summed E-state index contributed by atoms with van der Waals surface area (Å²) in [7, 11) is 0. The highest BCUT2D eigenvalue weighted by molar-refractivity contribution is 9.10. The fraction of sp³-hybridized carbons (Fsp3) is 0. The molecule has 7 heteroatoms. The SMILES string of the molecule is O=C1S/C(=C/c2cc(Br)cs2)C(=O)N1c1cccc(Cl)c1. The number of imide groups is 1. The molecule has 2 aromatic rings. The number of halogens is 2. The molecule has 106 valence electrons. The van der Waals surface area contributed by atoms with Gasteiger partial charge in [0.15, 0.2) is 0 Å². The topological polar surface area (TPSA) is 37.4 Å². The van der Waals surface area contributed by atoms with E-state index in [-0.39, 0.29) is 11.1 Å². The summed E-state index contributed by atoms with van der Waals surface area (Å²) in [6.45, 7) is 0. The van der Waals surface area contributed by atoms with Crippen molar-refractivity contribution >= 4 is 73.5 Å². The van der Waals surface area contributed by atoms with Gasteiger partial charge in [-0.05, 0) is 58.0 Å². The lowest BCUT2D eigenvalue weighted by atomic mass is 10.3. The van der Waals surface area contributed by atoms with Gasteiger partial charge < -0.3 is 0 Å². The minimum Gasteiger partial charge on any atom is -0.268 e. The highest BCUT2D eigenvalue weighted by Gasteiger charge is 2.36. The zero-order chi connectivity index (χ0) is 15.0. The van der Waals surface area contributed by atoms with Gasteiger partial charge in [0.1, 0.15) is 0 Å². The fourth-order valence-electron chi connectivity index (χ4n) is 1.84. The summed E-state index contributed by atoms with van der Waals surface area (Å²) in [5.74, 6) is -0.322. The number of rotatable bonds is 2. The van der Waals surface area contributed by atoms with Crippen LogP contribution in [0, 0.1) is 0 Å². The number of thiophene rings is 1. The van der Waals surface area contributed by atoms with E-state index < -0.39 is 0 Å². The smallest absolute Gasteiger partial charge is 0.268 e. The van der Waals surface area contributed by atoms with E-state index in [0.29, 0.717) is 15.6 Å². The normalized spacial score (nSPS) is 17.0. The number of carbonyl (C=O) groups excluding carboxylic acids is 2. The summed E-state index contributed by atoms with van der Waals surface area (Å²) in [5.41, 5.74) is 0.487. The van der Waals surface area contributed by atoms with E-state index in [9.17, 15) is 9.59 Å².